The summed E-state index contributed by atoms with van der Waals surface area (Å²) in [4.78, 5) is 26.3. The monoisotopic (exact) mass is 308 g/mol. The first-order valence-corrected chi connectivity index (χ1v) is 7.96. The number of rotatable bonds is 3. The van der Waals surface area contributed by atoms with Crippen molar-refractivity contribution < 1.29 is 9.59 Å². The topological polar surface area (TPSA) is 58.2 Å². The minimum atomic E-state index is -0.283. The van der Waals surface area contributed by atoms with Crippen LogP contribution in [0.25, 0.3) is 0 Å². The molecular weight excluding hydrogens is 292 g/mol. The van der Waals surface area contributed by atoms with Gasteiger partial charge in [-0.25, -0.2) is 0 Å². The molecule has 0 aromatic carbocycles. The highest BCUT2D eigenvalue weighted by molar-refractivity contribution is 7.14. The SMILES string of the molecule is CCc1sc(C(=O)NNC(=O)c2sccc2C)cc1C. The van der Waals surface area contributed by atoms with Crippen LogP contribution in [-0.4, -0.2) is 11.8 Å². The molecule has 0 radical (unpaired) electrons. The lowest BCUT2D eigenvalue weighted by Crippen LogP contribution is -2.41. The van der Waals surface area contributed by atoms with E-state index in [4.69, 9.17) is 0 Å². The molecule has 6 heteroatoms. The van der Waals surface area contributed by atoms with E-state index < -0.39 is 0 Å². The Bertz CT molecular complexity index is 643. The normalized spacial score (nSPS) is 10.3. The molecule has 0 aliphatic heterocycles. The smallest absolute Gasteiger partial charge is 0.266 e. The summed E-state index contributed by atoms with van der Waals surface area (Å²) in [5.41, 5.74) is 6.93. The molecule has 0 fully saturated rings. The van der Waals surface area contributed by atoms with Crippen molar-refractivity contribution in [2.75, 3.05) is 0 Å². The van der Waals surface area contributed by atoms with Crippen molar-refractivity contribution >= 4 is 34.5 Å². The van der Waals surface area contributed by atoms with Crippen LogP contribution in [0, 0.1) is 13.8 Å². The number of hydrogen-bond acceptors (Lipinski definition) is 4. The molecule has 106 valence electrons. The number of hydrogen-bond donors (Lipinski definition) is 2. The Morgan fingerprint density at radius 3 is 2.40 bits per heavy atom. The number of amides is 2. The Labute approximate surface area is 125 Å². The molecule has 2 aromatic rings. The van der Waals surface area contributed by atoms with Gasteiger partial charge in [0.1, 0.15) is 0 Å². The number of thiophene rings is 2. The highest BCUT2D eigenvalue weighted by Gasteiger charge is 2.14. The summed E-state index contributed by atoms with van der Waals surface area (Å²) in [7, 11) is 0. The van der Waals surface area contributed by atoms with E-state index in [1.807, 2.05) is 31.4 Å². The molecule has 0 aliphatic carbocycles. The van der Waals surface area contributed by atoms with Gasteiger partial charge in [-0.1, -0.05) is 6.92 Å². The summed E-state index contributed by atoms with van der Waals surface area (Å²) in [6.07, 6.45) is 0.907. The third kappa shape index (κ3) is 3.08. The lowest BCUT2D eigenvalue weighted by molar-refractivity contribution is 0.0851. The zero-order valence-corrected chi connectivity index (χ0v) is 13.2. The third-order valence-electron chi connectivity index (χ3n) is 2.92. The van der Waals surface area contributed by atoms with Crippen molar-refractivity contribution in [1.82, 2.24) is 10.9 Å². The molecule has 0 unspecified atom stereocenters. The number of aryl methyl sites for hydroxylation is 3. The number of carbonyl (C=O) groups is 2. The molecule has 20 heavy (non-hydrogen) atoms. The highest BCUT2D eigenvalue weighted by atomic mass is 32.1. The molecular formula is C14H16N2O2S2. The van der Waals surface area contributed by atoms with Crippen LogP contribution in [0.1, 0.15) is 42.3 Å². The van der Waals surface area contributed by atoms with Crippen molar-refractivity contribution in [1.29, 1.82) is 0 Å². The average molecular weight is 308 g/mol. The number of nitrogens with one attached hydrogen (secondary N) is 2. The van der Waals surface area contributed by atoms with E-state index in [0.717, 1.165) is 17.5 Å². The maximum atomic E-state index is 12.0. The van der Waals surface area contributed by atoms with Gasteiger partial charge in [0.25, 0.3) is 11.8 Å². The molecule has 0 saturated heterocycles. The fourth-order valence-electron chi connectivity index (χ4n) is 1.82. The predicted octanol–water partition coefficient (Wildman–Crippen LogP) is 3.06. The van der Waals surface area contributed by atoms with Crippen molar-refractivity contribution in [3.8, 4) is 0 Å². The van der Waals surface area contributed by atoms with Gasteiger partial charge < -0.3 is 0 Å². The van der Waals surface area contributed by atoms with Gasteiger partial charge in [-0.2, -0.15) is 0 Å². The quantitative estimate of drug-likeness (QED) is 0.856. The third-order valence-corrected chi connectivity index (χ3v) is 5.32. The van der Waals surface area contributed by atoms with Gasteiger partial charge >= 0.3 is 0 Å². The zero-order valence-electron chi connectivity index (χ0n) is 11.6. The average Bonchev–Trinajstić information content (AvgIpc) is 3.01. The van der Waals surface area contributed by atoms with E-state index in [1.54, 1.807) is 0 Å². The summed E-state index contributed by atoms with van der Waals surface area (Å²) in [6, 6.07) is 3.72. The lowest BCUT2D eigenvalue weighted by atomic mass is 10.2. The molecule has 0 aliphatic rings. The molecule has 2 heterocycles. The van der Waals surface area contributed by atoms with E-state index >= 15 is 0 Å². The lowest BCUT2D eigenvalue weighted by Gasteiger charge is -2.05. The molecule has 0 spiro atoms. The fourth-order valence-corrected chi connectivity index (χ4v) is 3.65. The van der Waals surface area contributed by atoms with Gasteiger partial charge in [0.2, 0.25) is 0 Å². The van der Waals surface area contributed by atoms with Crippen molar-refractivity contribution in [2.45, 2.75) is 27.2 Å². The van der Waals surface area contributed by atoms with Gasteiger partial charge in [-0.05, 0) is 48.9 Å². The Morgan fingerprint density at radius 2 is 1.85 bits per heavy atom. The van der Waals surface area contributed by atoms with Gasteiger partial charge in [-0.15, -0.1) is 22.7 Å². The van der Waals surface area contributed by atoms with Crippen molar-refractivity contribution in [2.24, 2.45) is 0 Å². The molecule has 2 rings (SSSR count). The molecule has 2 N–H and O–H groups in total. The van der Waals surface area contributed by atoms with Crippen LogP contribution < -0.4 is 10.9 Å². The van der Waals surface area contributed by atoms with Gasteiger partial charge in [-0.3, -0.25) is 20.4 Å². The van der Waals surface area contributed by atoms with Gasteiger partial charge in [0.15, 0.2) is 0 Å². The molecule has 0 atom stereocenters. The molecule has 0 saturated carbocycles. The second-order valence-corrected chi connectivity index (χ2v) is 6.46. The maximum Gasteiger partial charge on any atom is 0.280 e. The molecule has 2 amide bonds. The first kappa shape index (κ1) is 14.7. The van der Waals surface area contributed by atoms with Crippen LogP contribution >= 0.6 is 22.7 Å². The van der Waals surface area contributed by atoms with Crippen molar-refractivity contribution in [3.63, 3.8) is 0 Å². The van der Waals surface area contributed by atoms with E-state index in [1.165, 1.54) is 27.6 Å². The second-order valence-electron chi connectivity index (χ2n) is 4.41. The van der Waals surface area contributed by atoms with Gasteiger partial charge in [0.05, 0.1) is 9.75 Å². The minimum absolute atomic E-state index is 0.277. The fraction of sp³-hybridized carbons (Fsp3) is 0.286. The van der Waals surface area contributed by atoms with E-state index in [2.05, 4.69) is 17.8 Å². The summed E-state index contributed by atoms with van der Waals surface area (Å²) < 4.78 is 0. The van der Waals surface area contributed by atoms with Crippen LogP contribution in [0.3, 0.4) is 0 Å². The molecule has 4 nitrogen and oxygen atoms in total. The number of hydrazine groups is 1. The van der Waals surface area contributed by atoms with Crippen molar-refractivity contribution in [3.05, 3.63) is 43.3 Å². The highest BCUT2D eigenvalue weighted by Crippen LogP contribution is 2.22. The first-order valence-electron chi connectivity index (χ1n) is 6.27. The molecule has 0 bridgehead atoms. The van der Waals surface area contributed by atoms with E-state index in [-0.39, 0.29) is 11.8 Å². The maximum absolute atomic E-state index is 12.0. The van der Waals surface area contributed by atoms with Gasteiger partial charge in [0, 0.05) is 4.88 Å². The summed E-state index contributed by atoms with van der Waals surface area (Å²) in [5.74, 6) is -0.560. The summed E-state index contributed by atoms with van der Waals surface area (Å²) in [6.45, 7) is 5.91. The summed E-state index contributed by atoms with van der Waals surface area (Å²) >= 11 is 2.81. The van der Waals surface area contributed by atoms with E-state index in [9.17, 15) is 9.59 Å². The van der Waals surface area contributed by atoms with Crippen LogP contribution in [0.5, 0.6) is 0 Å². The Kier molecular flexibility index (Phi) is 4.57. The number of carbonyl (C=O) groups excluding carboxylic acids is 2. The summed E-state index contributed by atoms with van der Waals surface area (Å²) in [5, 5.41) is 1.85. The van der Waals surface area contributed by atoms with Crippen LogP contribution in [0.2, 0.25) is 0 Å². The Hall–Kier alpha value is -1.66. The van der Waals surface area contributed by atoms with E-state index in [0.29, 0.717) is 9.75 Å². The minimum Gasteiger partial charge on any atom is -0.266 e. The predicted molar refractivity (Wildman–Crippen MR) is 82.4 cm³/mol. The largest absolute Gasteiger partial charge is 0.280 e. The zero-order chi connectivity index (χ0) is 14.7. The first-order chi connectivity index (χ1) is 9.52. The van der Waals surface area contributed by atoms with Crippen LogP contribution in [-0.2, 0) is 6.42 Å². The molecule has 2 aromatic heterocycles. The Balaban J connectivity index is 1.98. The second kappa shape index (κ2) is 6.19. The van der Waals surface area contributed by atoms with Crippen LogP contribution in [0.4, 0.5) is 0 Å². The standard InChI is InChI=1S/C14H16N2O2S2/c1-4-10-9(3)7-11(20-10)13(17)15-16-14(18)12-8(2)5-6-19-12/h5-7H,4H2,1-3H3,(H,15,17)(H,16,18). The van der Waals surface area contributed by atoms with Crippen LogP contribution in [0.15, 0.2) is 17.5 Å². The Morgan fingerprint density at radius 1 is 1.15 bits per heavy atom.